The Hall–Kier alpha value is -4.46. The summed E-state index contributed by atoms with van der Waals surface area (Å²) in [5, 5.41) is 0. The number of esters is 2. The maximum absolute atomic E-state index is 14.7. The smallest absolute Gasteiger partial charge is 0.333 e. The molecule has 0 bridgehead atoms. The van der Waals surface area contributed by atoms with Crippen molar-refractivity contribution in [3.8, 4) is 33.8 Å². The molecule has 0 aliphatic carbocycles. The Balaban J connectivity index is 1.58. The highest BCUT2D eigenvalue weighted by molar-refractivity contribution is 5.87. The Kier molecular flexibility index (Phi) is 11.0. The Bertz CT molecular complexity index is 1280. The lowest BCUT2D eigenvalue weighted by Gasteiger charge is -2.11. The zero-order chi connectivity index (χ0) is 29.1. The van der Waals surface area contributed by atoms with Crippen molar-refractivity contribution in [2.45, 2.75) is 26.7 Å². The van der Waals surface area contributed by atoms with E-state index in [0.717, 1.165) is 11.1 Å². The monoisotopic (exact) mass is 550 g/mol. The molecule has 3 rings (SSSR count). The number of hydrogen-bond donors (Lipinski definition) is 0. The zero-order valence-corrected chi connectivity index (χ0v) is 22.6. The van der Waals surface area contributed by atoms with Crippen molar-refractivity contribution in [1.29, 1.82) is 0 Å². The molecule has 0 radical (unpaired) electrons. The molecule has 40 heavy (non-hydrogen) atoms. The van der Waals surface area contributed by atoms with Crippen LogP contribution < -0.4 is 9.47 Å². The molecular formula is C32H32F2O6. The summed E-state index contributed by atoms with van der Waals surface area (Å²) in [6.45, 7) is 10.8. The van der Waals surface area contributed by atoms with Crippen LogP contribution in [0.3, 0.4) is 0 Å². The van der Waals surface area contributed by atoms with Crippen molar-refractivity contribution in [1.82, 2.24) is 0 Å². The third kappa shape index (κ3) is 8.80. The normalized spacial score (nSPS) is 10.5. The van der Waals surface area contributed by atoms with E-state index in [0.29, 0.717) is 35.1 Å². The Morgan fingerprint density at radius 1 is 0.625 bits per heavy atom. The molecule has 0 heterocycles. The molecule has 0 fully saturated rings. The molecular weight excluding hydrogens is 518 g/mol. The molecule has 8 heteroatoms. The summed E-state index contributed by atoms with van der Waals surface area (Å²) in [4.78, 5) is 22.8. The highest BCUT2D eigenvalue weighted by Crippen LogP contribution is 2.31. The fourth-order valence-corrected chi connectivity index (χ4v) is 3.53. The van der Waals surface area contributed by atoms with Gasteiger partial charge in [-0.1, -0.05) is 43.5 Å². The van der Waals surface area contributed by atoms with Gasteiger partial charge in [0, 0.05) is 24.0 Å². The molecule has 0 unspecified atom stereocenters. The van der Waals surface area contributed by atoms with Crippen molar-refractivity contribution < 1.29 is 37.3 Å². The Morgan fingerprint density at radius 2 is 1.02 bits per heavy atom. The van der Waals surface area contributed by atoms with Gasteiger partial charge in [0.25, 0.3) is 0 Å². The van der Waals surface area contributed by atoms with Gasteiger partial charge >= 0.3 is 11.9 Å². The number of carbonyl (C=O) groups is 2. The molecule has 6 nitrogen and oxygen atoms in total. The van der Waals surface area contributed by atoms with Crippen molar-refractivity contribution in [2.24, 2.45) is 0 Å². The molecule has 0 spiro atoms. The van der Waals surface area contributed by atoms with Crippen LogP contribution in [0.4, 0.5) is 8.78 Å². The number of hydrogen-bond acceptors (Lipinski definition) is 6. The highest BCUT2D eigenvalue weighted by atomic mass is 19.1. The maximum Gasteiger partial charge on any atom is 0.333 e. The topological polar surface area (TPSA) is 71.1 Å². The van der Waals surface area contributed by atoms with Crippen molar-refractivity contribution in [3.05, 3.63) is 96.6 Å². The molecule has 0 atom stereocenters. The summed E-state index contributed by atoms with van der Waals surface area (Å²) >= 11 is 0. The summed E-state index contributed by atoms with van der Waals surface area (Å²) in [7, 11) is 0. The van der Waals surface area contributed by atoms with Crippen LogP contribution in [0.15, 0.2) is 85.0 Å². The molecule has 210 valence electrons. The van der Waals surface area contributed by atoms with Gasteiger partial charge in [-0.3, -0.25) is 0 Å². The van der Waals surface area contributed by atoms with Gasteiger partial charge in [-0.25, -0.2) is 18.4 Å². The van der Waals surface area contributed by atoms with Crippen LogP contribution in [0.1, 0.15) is 26.7 Å². The van der Waals surface area contributed by atoms with Gasteiger partial charge in [-0.15, -0.1) is 0 Å². The van der Waals surface area contributed by atoms with Gasteiger partial charge in [0.1, 0.15) is 0 Å². The van der Waals surface area contributed by atoms with E-state index in [2.05, 4.69) is 13.2 Å². The van der Waals surface area contributed by atoms with Gasteiger partial charge in [-0.2, -0.15) is 0 Å². The first-order valence-corrected chi connectivity index (χ1v) is 12.8. The molecule has 0 aliphatic heterocycles. The number of halogens is 2. The van der Waals surface area contributed by atoms with Crippen molar-refractivity contribution >= 4 is 11.9 Å². The highest BCUT2D eigenvalue weighted by Gasteiger charge is 2.11. The zero-order valence-electron chi connectivity index (χ0n) is 22.6. The molecule has 0 aliphatic rings. The number of ether oxygens (including phenoxy) is 4. The van der Waals surface area contributed by atoms with Crippen LogP contribution in [-0.2, 0) is 19.1 Å². The standard InChI is InChI=1S/C32H32F2O6/c1-21(2)31(35)39-16-6-14-37-29-12-10-25(19-27(29)33)23-8-5-9-24(18-23)26-11-13-30(28(34)20-26)38-15-7-17-40-32(36)22(3)4/h5,8-13,18-20H,1,3,6-7,14-17H2,2,4H3. The van der Waals surface area contributed by atoms with E-state index in [1.807, 2.05) is 24.3 Å². The van der Waals surface area contributed by atoms with E-state index >= 15 is 0 Å². The number of carbonyl (C=O) groups excluding carboxylic acids is 2. The van der Waals surface area contributed by atoms with Crippen LogP contribution in [0.25, 0.3) is 22.3 Å². The SMILES string of the molecule is C=C(C)C(=O)OCCCOc1ccc(-c2cccc(-c3ccc(OCCCOC(=O)C(=C)C)c(F)c3)c2)cc1F. The second-order valence-corrected chi connectivity index (χ2v) is 9.11. The van der Waals surface area contributed by atoms with E-state index < -0.39 is 23.6 Å². The molecule has 0 aromatic heterocycles. The van der Waals surface area contributed by atoms with Crippen LogP contribution >= 0.6 is 0 Å². The van der Waals surface area contributed by atoms with Gasteiger partial charge in [-0.05, 0) is 66.4 Å². The lowest BCUT2D eigenvalue weighted by molar-refractivity contribution is -0.140. The largest absolute Gasteiger partial charge is 0.490 e. The van der Waals surface area contributed by atoms with Gasteiger partial charge in [0.2, 0.25) is 0 Å². The average molecular weight is 551 g/mol. The number of benzene rings is 3. The van der Waals surface area contributed by atoms with E-state index in [9.17, 15) is 18.4 Å². The summed E-state index contributed by atoms with van der Waals surface area (Å²) in [6, 6.07) is 16.6. The molecule has 0 amide bonds. The number of rotatable bonds is 14. The van der Waals surface area contributed by atoms with Crippen molar-refractivity contribution in [3.63, 3.8) is 0 Å². The molecule has 0 saturated carbocycles. The summed E-state index contributed by atoms with van der Waals surface area (Å²) in [5.41, 5.74) is 3.40. The third-order valence-corrected chi connectivity index (χ3v) is 5.65. The molecule has 0 N–H and O–H groups in total. The Labute approximate surface area is 232 Å². The quantitative estimate of drug-likeness (QED) is 0.121. The first kappa shape index (κ1) is 30.1. The van der Waals surface area contributed by atoms with E-state index in [1.165, 1.54) is 12.1 Å². The van der Waals surface area contributed by atoms with Gasteiger partial charge < -0.3 is 18.9 Å². The lowest BCUT2D eigenvalue weighted by Crippen LogP contribution is -2.09. The fourth-order valence-electron chi connectivity index (χ4n) is 3.53. The first-order chi connectivity index (χ1) is 19.2. The third-order valence-electron chi connectivity index (χ3n) is 5.65. The van der Waals surface area contributed by atoms with Crippen LogP contribution in [-0.4, -0.2) is 38.4 Å². The molecule has 3 aromatic carbocycles. The molecule has 3 aromatic rings. The van der Waals surface area contributed by atoms with E-state index in [-0.39, 0.29) is 37.9 Å². The molecule has 0 saturated heterocycles. The second kappa shape index (κ2) is 14.6. The summed E-state index contributed by atoms with van der Waals surface area (Å²) in [6.07, 6.45) is 0.820. The fraction of sp³-hybridized carbons (Fsp3) is 0.250. The van der Waals surface area contributed by atoms with Crippen LogP contribution in [0.5, 0.6) is 11.5 Å². The second-order valence-electron chi connectivity index (χ2n) is 9.11. The minimum atomic E-state index is -0.524. The first-order valence-electron chi connectivity index (χ1n) is 12.8. The average Bonchev–Trinajstić information content (AvgIpc) is 2.93. The van der Waals surface area contributed by atoms with E-state index in [1.54, 1.807) is 38.1 Å². The lowest BCUT2D eigenvalue weighted by atomic mass is 9.99. The van der Waals surface area contributed by atoms with Crippen molar-refractivity contribution in [2.75, 3.05) is 26.4 Å². The van der Waals surface area contributed by atoms with Gasteiger partial charge in [0.05, 0.1) is 26.4 Å². The summed E-state index contributed by atoms with van der Waals surface area (Å²) < 4.78 is 50.4. The predicted octanol–water partition coefficient (Wildman–Crippen LogP) is 7.08. The van der Waals surface area contributed by atoms with Crippen LogP contribution in [0, 0.1) is 11.6 Å². The Morgan fingerprint density at radius 3 is 1.40 bits per heavy atom. The predicted molar refractivity (Wildman–Crippen MR) is 149 cm³/mol. The van der Waals surface area contributed by atoms with E-state index in [4.69, 9.17) is 18.9 Å². The minimum absolute atomic E-state index is 0.0952. The minimum Gasteiger partial charge on any atom is -0.490 e. The van der Waals surface area contributed by atoms with Crippen LogP contribution in [0.2, 0.25) is 0 Å². The maximum atomic E-state index is 14.7. The summed E-state index contributed by atoms with van der Waals surface area (Å²) in [5.74, 6) is -1.80. The van der Waals surface area contributed by atoms with Gasteiger partial charge in [0.15, 0.2) is 23.1 Å².